The minimum atomic E-state index is -0.986. The third-order valence-corrected chi connectivity index (χ3v) is 2.53. The second-order valence-corrected chi connectivity index (χ2v) is 4.10. The smallest absolute Gasteiger partial charge is 0.254 e. The monoisotopic (exact) mass is 291 g/mol. The molecule has 1 heterocycles. The number of carbonyl (C=O) groups is 2. The standard InChI is InChI=1S/C14H11F2N3O2/c15-9-3-4-11(12(16)6-9)14(21)18-8-13(20)19-10-2-1-5-17-7-10/h1-7H,8H2,(H,18,21)(H,19,20). The van der Waals surface area contributed by atoms with Gasteiger partial charge in [0.1, 0.15) is 11.6 Å². The van der Waals surface area contributed by atoms with Crippen molar-refractivity contribution in [1.82, 2.24) is 10.3 Å². The minimum absolute atomic E-state index is 0.328. The Hall–Kier alpha value is -2.83. The van der Waals surface area contributed by atoms with Crippen LogP contribution in [0.25, 0.3) is 0 Å². The van der Waals surface area contributed by atoms with Crippen molar-refractivity contribution < 1.29 is 18.4 Å². The van der Waals surface area contributed by atoms with Crippen LogP contribution in [0.4, 0.5) is 14.5 Å². The molecule has 21 heavy (non-hydrogen) atoms. The molecule has 7 heteroatoms. The quantitative estimate of drug-likeness (QED) is 0.901. The van der Waals surface area contributed by atoms with Gasteiger partial charge in [-0.1, -0.05) is 0 Å². The third-order valence-electron chi connectivity index (χ3n) is 2.53. The van der Waals surface area contributed by atoms with E-state index >= 15 is 0 Å². The number of halogens is 2. The summed E-state index contributed by atoms with van der Waals surface area (Å²) in [5.74, 6) is -3.05. The Balaban J connectivity index is 1.90. The SMILES string of the molecule is O=C(CNC(=O)c1ccc(F)cc1F)Nc1cccnc1. The number of hydrogen-bond donors (Lipinski definition) is 2. The zero-order valence-corrected chi connectivity index (χ0v) is 10.8. The molecule has 0 saturated carbocycles. The first-order chi connectivity index (χ1) is 10.1. The van der Waals surface area contributed by atoms with E-state index in [-0.39, 0.29) is 12.1 Å². The highest BCUT2D eigenvalue weighted by Gasteiger charge is 2.13. The highest BCUT2D eigenvalue weighted by atomic mass is 19.1. The van der Waals surface area contributed by atoms with Crippen molar-refractivity contribution in [2.45, 2.75) is 0 Å². The van der Waals surface area contributed by atoms with Gasteiger partial charge in [0.2, 0.25) is 5.91 Å². The van der Waals surface area contributed by atoms with Crippen molar-refractivity contribution in [3.05, 3.63) is 59.9 Å². The number of anilines is 1. The van der Waals surface area contributed by atoms with Crippen LogP contribution in [0.2, 0.25) is 0 Å². The second kappa shape index (κ2) is 6.56. The van der Waals surface area contributed by atoms with E-state index in [0.717, 1.165) is 12.1 Å². The maximum absolute atomic E-state index is 13.4. The van der Waals surface area contributed by atoms with Crippen molar-refractivity contribution in [1.29, 1.82) is 0 Å². The van der Waals surface area contributed by atoms with Gasteiger partial charge in [0.25, 0.3) is 5.91 Å². The summed E-state index contributed by atoms with van der Waals surface area (Å²) in [4.78, 5) is 27.1. The summed E-state index contributed by atoms with van der Waals surface area (Å²) in [7, 11) is 0. The second-order valence-electron chi connectivity index (χ2n) is 4.10. The highest BCUT2D eigenvalue weighted by molar-refractivity contribution is 5.99. The summed E-state index contributed by atoms with van der Waals surface area (Å²) in [6, 6.07) is 5.85. The number of aromatic nitrogens is 1. The molecule has 0 fully saturated rings. The fourth-order valence-electron chi connectivity index (χ4n) is 1.57. The summed E-state index contributed by atoms with van der Waals surface area (Å²) in [5, 5.41) is 4.75. The van der Waals surface area contributed by atoms with Crippen molar-refractivity contribution in [2.75, 3.05) is 11.9 Å². The van der Waals surface area contributed by atoms with Crippen LogP contribution in [0.3, 0.4) is 0 Å². The third kappa shape index (κ3) is 4.07. The van der Waals surface area contributed by atoms with Crippen LogP contribution >= 0.6 is 0 Å². The molecule has 0 aliphatic carbocycles. The number of benzene rings is 1. The molecule has 1 aromatic carbocycles. The van der Waals surface area contributed by atoms with E-state index in [2.05, 4.69) is 15.6 Å². The summed E-state index contributed by atoms with van der Waals surface area (Å²) in [5.41, 5.74) is 0.148. The van der Waals surface area contributed by atoms with Crippen LogP contribution in [-0.2, 0) is 4.79 Å². The van der Waals surface area contributed by atoms with Gasteiger partial charge in [0.05, 0.1) is 24.0 Å². The van der Waals surface area contributed by atoms with Gasteiger partial charge in [-0.2, -0.15) is 0 Å². The molecule has 2 amide bonds. The zero-order chi connectivity index (χ0) is 15.2. The first-order valence-electron chi connectivity index (χ1n) is 5.99. The van der Waals surface area contributed by atoms with Crippen molar-refractivity contribution in [2.24, 2.45) is 0 Å². The molecular weight excluding hydrogens is 280 g/mol. The van der Waals surface area contributed by atoms with Gasteiger partial charge in [-0.05, 0) is 24.3 Å². The van der Waals surface area contributed by atoms with Crippen LogP contribution in [0.1, 0.15) is 10.4 Å². The molecule has 2 rings (SSSR count). The molecule has 0 aliphatic heterocycles. The maximum atomic E-state index is 13.4. The van der Waals surface area contributed by atoms with Gasteiger partial charge < -0.3 is 10.6 Å². The normalized spacial score (nSPS) is 10.0. The van der Waals surface area contributed by atoms with Gasteiger partial charge in [-0.25, -0.2) is 8.78 Å². The van der Waals surface area contributed by atoms with Gasteiger partial charge in [0.15, 0.2) is 0 Å². The topological polar surface area (TPSA) is 71.1 Å². The molecule has 0 radical (unpaired) electrons. The van der Waals surface area contributed by atoms with Gasteiger partial charge >= 0.3 is 0 Å². The predicted molar refractivity (Wildman–Crippen MR) is 71.6 cm³/mol. The summed E-state index contributed by atoms with van der Waals surface area (Å²) in [6.07, 6.45) is 2.99. The largest absolute Gasteiger partial charge is 0.343 e. The number of carbonyl (C=O) groups excluding carboxylic acids is 2. The van der Waals surface area contributed by atoms with Crippen molar-refractivity contribution >= 4 is 17.5 Å². The van der Waals surface area contributed by atoms with Crippen LogP contribution < -0.4 is 10.6 Å². The number of amides is 2. The fourth-order valence-corrected chi connectivity index (χ4v) is 1.57. The minimum Gasteiger partial charge on any atom is -0.343 e. The Kier molecular flexibility index (Phi) is 4.55. The molecule has 2 aromatic rings. The maximum Gasteiger partial charge on any atom is 0.254 e. The summed E-state index contributed by atoms with van der Waals surface area (Å²) in [6.45, 7) is -0.343. The Morgan fingerprint density at radius 3 is 2.67 bits per heavy atom. The molecule has 0 saturated heterocycles. The van der Waals surface area contributed by atoms with Crippen molar-refractivity contribution in [3.8, 4) is 0 Å². The average molecular weight is 291 g/mol. The Morgan fingerprint density at radius 2 is 2.00 bits per heavy atom. The van der Waals surface area contributed by atoms with Gasteiger partial charge in [0, 0.05) is 12.3 Å². The fraction of sp³-hybridized carbons (Fsp3) is 0.0714. The zero-order valence-electron chi connectivity index (χ0n) is 10.8. The van der Waals surface area contributed by atoms with E-state index in [0.29, 0.717) is 11.8 Å². The van der Waals surface area contributed by atoms with E-state index in [1.807, 2.05) is 0 Å². The van der Waals surface area contributed by atoms with Gasteiger partial charge in [-0.3, -0.25) is 14.6 Å². The first kappa shape index (κ1) is 14.6. The average Bonchev–Trinajstić information content (AvgIpc) is 2.46. The molecule has 0 aliphatic rings. The molecule has 0 spiro atoms. The van der Waals surface area contributed by atoms with E-state index in [1.165, 1.54) is 6.20 Å². The lowest BCUT2D eigenvalue weighted by atomic mass is 10.2. The van der Waals surface area contributed by atoms with Crippen LogP contribution in [0.5, 0.6) is 0 Å². The number of nitrogens with zero attached hydrogens (tertiary/aromatic N) is 1. The van der Waals surface area contributed by atoms with Gasteiger partial charge in [-0.15, -0.1) is 0 Å². The van der Waals surface area contributed by atoms with E-state index in [9.17, 15) is 18.4 Å². The molecule has 0 unspecified atom stereocenters. The van der Waals surface area contributed by atoms with E-state index < -0.39 is 23.4 Å². The summed E-state index contributed by atoms with van der Waals surface area (Å²) >= 11 is 0. The van der Waals surface area contributed by atoms with E-state index in [1.54, 1.807) is 18.3 Å². The molecule has 0 bridgehead atoms. The highest BCUT2D eigenvalue weighted by Crippen LogP contribution is 2.09. The molecular formula is C14H11F2N3O2. The number of hydrogen-bond acceptors (Lipinski definition) is 3. The van der Waals surface area contributed by atoms with Crippen molar-refractivity contribution in [3.63, 3.8) is 0 Å². The van der Waals surface area contributed by atoms with Crippen LogP contribution in [-0.4, -0.2) is 23.3 Å². The van der Waals surface area contributed by atoms with Crippen LogP contribution in [0.15, 0.2) is 42.7 Å². The number of rotatable bonds is 4. The lowest BCUT2D eigenvalue weighted by molar-refractivity contribution is -0.115. The molecule has 1 aromatic heterocycles. The molecule has 108 valence electrons. The Bertz CT molecular complexity index is 663. The summed E-state index contributed by atoms with van der Waals surface area (Å²) < 4.78 is 26.1. The van der Waals surface area contributed by atoms with E-state index in [4.69, 9.17) is 0 Å². The van der Waals surface area contributed by atoms with Crippen LogP contribution in [0, 0.1) is 11.6 Å². The predicted octanol–water partition coefficient (Wildman–Crippen LogP) is 1.73. The molecule has 0 atom stereocenters. The Labute approximate surface area is 119 Å². The number of nitrogens with one attached hydrogen (secondary N) is 2. The lowest BCUT2D eigenvalue weighted by Crippen LogP contribution is -2.33. The first-order valence-corrected chi connectivity index (χ1v) is 5.99. The Morgan fingerprint density at radius 1 is 1.19 bits per heavy atom. The number of pyridine rings is 1. The molecule has 5 nitrogen and oxygen atoms in total. The lowest BCUT2D eigenvalue weighted by Gasteiger charge is -2.07. The molecule has 2 N–H and O–H groups in total.